The summed E-state index contributed by atoms with van der Waals surface area (Å²) in [5.74, 6) is 1.72. The maximum Gasteiger partial charge on any atom is -0.0262 e. The highest BCUT2D eigenvalue weighted by Gasteiger charge is 2.02. The van der Waals surface area contributed by atoms with Crippen LogP contribution in [0.3, 0.4) is 0 Å². The van der Waals surface area contributed by atoms with E-state index in [4.69, 9.17) is 0 Å². The Balaban J connectivity index is 3.34. The molecule has 0 aromatic heterocycles. The van der Waals surface area contributed by atoms with E-state index in [2.05, 4.69) is 39.8 Å². The molecule has 0 bridgehead atoms. The average Bonchev–Trinajstić information content (AvgIpc) is 2.74. The molecule has 0 rings (SSSR count). The van der Waals surface area contributed by atoms with E-state index in [9.17, 15) is 0 Å². The van der Waals surface area contributed by atoms with E-state index in [1.54, 1.807) is 0 Å². The molecule has 30 heavy (non-hydrogen) atoms. The molecule has 0 fully saturated rings. The Morgan fingerprint density at radius 1 is 0.467 bits per heavy atom. The van der Waals surface area contributed by atoms with E-state index < -0.39 is 0 Å². The Hall–Kier alpha value is -0.260. The van der Waals surface area contributed by atoms with Gasteiger partial charge in [-0.05, 0) is 31.1 Å². The van der Waals surface area contributed by atoms with Crippen LogP contribution in [0.4, 0.5) is 0 Å². The lowest BCUT2D eigenvalue weighted by molar-refractivity contribution is 0.437. The number of unbranched alkanes of at least 4 members (excludes halogenated alkanes) is 16. The average molecular weight is 421 g/mol. The van der Waals surface area contributed by atoms with Crippen molar-refractivity contribution in [2.24, 2.45) is 11.8 Å². The molecule has 0 aliphatic heterocycles. The van der Waals surface area contributed by atoms with Gasteiger partial charge in [-0.1, -0.05) is 162 Å². The van der Waals surface area contributed by atoms with Crippen molar-refractivity contribution >= 4 is 0 Å². The highest BCUT2D eigenvalue weighted by atomic mass is 14.1. The number of hydrogen-bond acceptors (Lipinski definition) is 0. The second kappa shape index (κ2) is 25.0. The minimum absolute atomic E-state index is 0.784. The highest BCUT2D eigenvalue weighted by molar-refractivity contribution is 4.86. The predicted octanol–water partition coefficient (Wildman–Crippen LogP) is 11.4. The number of hydrogen-bond donors (Lipinski definition) is 0. The number of rotatable bonds is 24. The first-order chi connectivity index (χ1) is 14.7. The van der Waals surface area contributed by atoms with Crippen LogP contribution < -0.4 is 0 Å². The standard InChI is InChI=1S/C30H60/c1-5-7-9-11-13-14-15-16-18-22-26-30(4)28-24-20-19-23-27-29(3)25-21-17-12-10-8-6-2/h23,27,29-30H,5-22,24-26,28H2,1-4H3. The van der Waals surface area contributed by atoms with Gasteiger partial charge in [0.15, 0.2) is 0 Å². The molecule has 2 unspecified atom stereocenters. The molecule has 0 amide bonds. The third kappa shape index (κ3) is 24.0. The van der Waals surface area contributed by atoms with Crippen LogP contribution in [-0.4, -0.2) is 0 Å². The molecule has 0 aromatic rings. The smallest absolute Gasteiger partial charge is 0.0262 e. The summed E-state index contributed by atoms with van der Waals surface area (Å²) in [5.41, 5.74) is 0. The van der Waals surface area contributed by atoms with Crippen LogP contribution in [0.2, 0.25) is 0 Å². The first kappa shape index (κ1) is 29.7. The SMILES string of the molecule is CCCCCCCCCCCCC(C)CCCCC=CC(C)CCCCCCCC. The van der Waals surface area contributed by atoms with Gasteiger partial charge in [0.1, 0.15) is 0 Å². The molecule has 0 heterocycles. The molecule has 0 saturated carbocycles. The lowest BCUT2D eigenvalue weighted by Crippen LogP contribution is -1.95. The minimum Gasteiger partial charge on any atom is -0.0883 e. The van der Waals surface area contributed by atoms with Crippen molar-refractivity contribution in [2.75, 3.05) is 0 Å². The lowest BCUT2D eigenvalue weighted by Gasteiger charge is -2.11. The summed E-state index contributed by atoms with van der Waals surface area (Å²) in [4.78, 5) is 0. The zero-order chi connectivity index (χ0) is 22.1. The molecule has 0 aromatic carbocycles. The van der Waals surface area contributed by atoms with Crippen molar-refractivity contribution in [3.63, 3.8) is 0 Å². The van der Waals surface area contributed by atoms with Gasteiger partial charge in [-0.3, -0.25) is 0 Å². The Morgan fingerprint density at radius 3 is 1.37 bits per heavy atom. The van der Waals surface area contributed by atoms with Crippen molar-refractivity contribution in [1.82, 2.24) is 0 Å². The van der Waals surface area contributed by atoms with Gasteiger partial charge in [0.05, 0.1) is 0 Å². The molecule has 0 saturated heterocycles. The maximum atomic E-state index is 2.49. The molecule has 0 spiro atoms. The zero-order valence-electron chi connectivity index (χ0n) is 21.9. The Bertz CT molecular complexity index is 329. The Kier molecular flexibility index (Phi) is 24.8. The summed E-state index contributed by atoms with van der Waals surface area (Å²) < 4.78 is 0. The molecule has 180 valence electrons. The van der Waals surface area contributed by atoms with Crippen LogP contribution in [0.25, 0.3) is 0 Å². The second-order valence-corrected chi connectivity index (χ2v) is 10.3. The maximum absolute atomic E-state index is 2.49. The lowest BCUT2D eigenvalue weighted by atomic mass is 9.96. The van der Waals surface area contributed by atoms with Crippen molar-refractivity contribution < 1.29 is 0 Å². The van der Waals surface area contributed by atoms with E-state index in [-0.39, 0.29) is 0 Å². The molecular weight excluding hydrogens is 360 g/mol. The van der Waals surface area contributed by atoms with Crippen LogP contribution in [0, 0.1) is 11.8 Å². The second-order valence-electron chi connectivity index (χ2n) is 10.3. The minimum atomic E-state index is 0.784. The van der Waals surface area contributed by atoms with Gasteiger partial charge in [0.2, 0.25) is 0 Å². The van der Waals surface area contributed by atoms with Crippen molar-refractivity contribution in [2.45, 2.75) is 169 Å². The van der Waals surface area contributed by atoms with Gasteiger partial charge < -0.3 is 0 Å². The Labute approximate surface area is 193 Å². The molecule has 2 atom stereocenters. The van der Waals surface area contributed by atoms with Crippen LogP contribution in [-0.2, 0) is 0 Å². The van der Waals surface area contributed by atoms with E-state index in [0.717, 1.165) is 11.8 Å². The topological polar surface area (TPSA) is 0 Å². The highest BCUT2D eigenvalue weighted by Crippen LogP contribution is 2.19. The molecule has 0 aliphatic rings. The summed E-state index contributed by atoms with van der Waals surface area (Å²) in [7, 11) is 0. The van der Waals surface area contributed by atoms with Gasteiger partial charge in [0, 0.05) is 0 Å². The van der Waals surface area contributed by atoms with Crippen molar-refractivity contribution in [3.05, 3.63) is 12.2 Å². The third-order valence-corrected chi connectivity index (χ3v) is 6.85. The largest absolute Gasteiger partial charge is 0.0883 e. The molecule has 0 radical (unpaired) electrons. The normalized spacial score (nSPS) is 13.9. The molecular formula is C30H60. The van der Waals surface area contributed by atoms with Gasteiger partial charge in [-0.15, -0.1) is 0 Å². The summed E-state index contributed by atoms with van der Waals surface area (Å²) >= 11 is 0. The first-order valence-corrected chi connectivity index (χ1v) is 14.4. The van der Waals surface area contributed by atoms with Crippen molar-refractivity contribution in [1.29, 1.82) is 0 Å². The summed E-state index contributed by atoms with van der Waals surface area (Å²) in [6, 6.07) is 0. The van der Waals surface area contributed by atoms with Crippen molar-refractivity contribution in [3.8, 4) is 0 Å². The summed E-state index contributed by atoms with van der Waals surface area (Å²) in [6.45, 7) is 9.48. The first-order valence-electron chi connectivity index (χ1n) is 14.4. The monoisotopic (exact) mass is 420 g/mol. The van der Waals surface area contributed by atoms with Gasteiger partial charge in [-0.2, -0.15) is 0 Å². The number of allylic oxidation sites excluding steroid dienone is 2. The summed E-state index contributed by atoms with van der Waals surface area (Å²) in [6.07, 6.45) is 36.5. The van der Waals surface area contributed by atoms with E-state index in [1.165, 1.54) is 141 Å². The third-order valence-electron chi connectivity index (χ3n) is 6.85. The van der Waals surface area contributed by atoms with Crippen LogP contribution in [0.1, 0.15) is 169 Å². The molecule has 0 heteroatoms. The quantitative estimate of drug-likeness (QED) is 0.107. The van der Waals surface area contributed by atoms with Crippen LogP contribution >= 0.6 is 0 Å². The van der Waals surface area contributed by atoms with E-state index >= 15 is 0 Å². The fourth-order valence-electron chi connectivity index (χ4n) is 4.55. The molecule has 0 N–H and O–H groups in total. The van der Waals surface area contributed by atoms with Gasteiger partial charge in [0.25, 0.3) is 0 Å². The zero-order valence-corrected chi connectivity index (χ0v) is 21.9. The Morgan fingerprint density at radius 2 is 0.867 bits per heavy atom. The summed E-state index contributed by atoms with van der Waals surface area (Å²) in [5, 5.41) is 0. The predicted molar refractivity (Wildman–Crippen MR) is 140 cm³/mol. The molecule has 0 aliphatic carbocycles. The van der Waals surface area contributed by atoms with Crippen LogP contribution in [0.5, 0.6) is 0 Å². The van der Waals surface area contributed by atoms with E-state index in [0.29, 0.717) is 0 Å². The van der Waals surface area contributed by atoms with Crippen LogP contribution in [0.15, 0.2) is 12.2 Å². The van der Waals surface area contributed by atoms with E-state index in [1.807, 2.05) is 0 Å². The van der Waals surface area contributed by atoms with Gasteiger partial charge >= 0.3 is 0 Å². The fraction of sp³-hybridized carbons (Fsp3) is 0.933. The fourth-order valence-corrected chi connectivity index (χ4v) is 4.55. The van der Waals surface area contributed by atoms with Gasteiger partial charge in [-0.25, -0.2) is 0 Å². The molecule has 0 nitrogen and oxygen atoms in total.